The van der Waals surface area contributed by atoms with E-state index in [-0.39, 0.29) is 10.8 Å². The molecule has 2 aliphatic heterocycles. The van der Waals surface area contributed by atoms with E-state index < -0.39 is 10.0 Å². The first-order valence-electron chi connectivity index (χ1n) is 9.26. The number of ether oxygens (including phenoxy) is 2. The molecule has 1 fully saturated rings. The van der Waals surface area contributed by atoms with Gasteiger partial charge in [0.05, 0.1) is 19.2 Å². The molecule has 1 amide bonds. The number of nitrogens with zero attached hydrogens (tertiary/aromatic N) is 3. The van der Waals surface area contributed by atoms with Crippen molar-refractivity contribution < 1.29 is 22.7 Å². The van der Waals surface area contributed by atoms with Crippen LogP contribution in [0, 0.1) is 0 Å². The second kappa shape index (κ2) is 7.81. The van der Waals surface area contributed by atoms with Crippen molar-refractivity contribution in [2.75, 3.05) is 40.4 Å². The standard InChI is InChI=1S/C20H20ClN3O5S/c1-28-16-12-13(11-15(21)18(16)29-2)20(25)24-9-7-23(8-10-24)19-14-5-3-4-6-17(14)30(26,27)22-19/h3-6,11-12H,7-10H2,1-2H3. The van der Waals surface area contributed by atoms with Gasteiger partial charge in [-0.05, 0) is 24.3 Å². The van der Waals surface area contributed by atoms with Gasteiger partial charge >= 0.3 is 0 Å². The van der Waals surface area contributed by atoms with Crippen LogP contribution in [0.4, 0.5) is 0 Å². The average Bonchev–Trinajstić information content (AvgIpc) is 3.04. The van der Waals surface area contributed by atoms with Crippen molar-refractivity contribution in [2.24, 2.45) is 4.40 Å². The van der Waals surface area contributed by atoms with Gasteiger partial charge in [0.15, 0.2) is 17.3 Å². The number of methoxy groups -OCH3 is 2. The molecular weight excluding hydrogens is 430 g/mol. The van der Waals surface area contributed by atoms with Gasteiger partial charge in [0.2, 0.25) is 0 Å². The van der Waals surface area contributed by atoms with Gasteiger partial charge in [0, 0.05) is 37.3 Å². The molecule has 0 aliphatic carbocycles. The molecule has 4 rings (SSSR count). The second-order valence-electron chi connectivity index (χ2n) is 6.86. The lowest BCUT2D eigenvalue weighted by Crippen LogP contribution is -2.50. The van der Waals surface area contributed by atoms with Gasteiger partial charge in [0.25, 0.3) is 15.9 Å². The Morgan fingerprint density at radius 1 is 1.07 bits per heavy atom. The molecule has 0 unspecified atom stereocenters. The van der Waals surface area contributed by atoms with Crippen molar-refractivity contribution >= 4 is 33.4 Å². The van der Waals surface area contributed by atoms with Crippen LogP contribution in [0.2, 0.25) is 5.02 Å². The van der Waals surface area contributed by atoms with E-state index in [0.717, 1.165) is 0 Å². The topological polar surface area (TPSA) is 88.5 Å². The summed E-state index contributed by atoms with van der Waals surface area (Å²) in [4.78, 5) is 16.8. The summed E-state index contributed by atoms with van der Waals surface area (Å²) in [6.07, 6.45) is 0. The van der Waals surface area contributed by atoms with E-state index in [1.54, 1.807) is 41.3 Å². The van der Waals surface area contributed by atoms with E-state index in [9.17, 15) is 13.2 Å². The molecule has 30 heavy (non-hydrogen) atoms. The zero-order valence-electron chi connectivity index (χ0n) is 16.5. The molecule has 0 atom stereocenters. The Bertz CT molecular complexity index is 1140. The molecule has 0 saturated carbocycles. The number of carbonyl (C=O) groups is 1. The molecule has 8 nitrogen and oxygen atoms in total. The minimum absolute atomic E-state index is 0.182. The summed E-state index contributed by atoms with van der Waals surface area (Å²) in [6, 6.07) is 9.93. The Labute approximate surface area is 179 Å². The van der Waals surface area contributed by atoms with Gasteiger partial charge in [-0.15, -0.1) is 4.40 Å². The molecule has 1 saturated heterocycles. The number of piperazine rings is 1. The van der Waals surface area contributed by atoms with Crippen molar-refractivity contribution in [3.05, 3.63) is 52.5 Å². The predicted octanol–water partition coefficient (Wildman–Crippen LogP) is 2.26. The first-order chi connectivity index (χ1) is 14.4. The van der Waals surface area contributed by atoms with E-state index in [4.69, 9.17) is 21.1 Å². The Morgan fingerprint density at radius 3 is 2.43 bits per heavy atom. The zero-order chi connectivity index (χ0) is 21.5. The summed E-state index contributed by atoms with van der Waals surface area (Å²) in [6.45, 7) is 1.78. The predicted molar refractivity (Wildman–Crippen MR) is 112 cm³/mol. The van der Waals surface area contributed by atoms with Gasteiger partial charge in [-0.25, -0.2) is 0 Å². The average molecular weight is 450 g/mol. The lowest BCUT2D eigenvalue weighted by molar-refractivity contribution is 0.0692. The first kappa shape index (κ1) is 20.5. The monoisotopic (exact) mass is 449 g/mol. The van der Waals surface area contributed by atoms with E-state index in [1.165, 1.54) is 14.2 Å². The van der Waals surface area contributed by atoms with Crippen LogP contribution in [0.5, 0.6) is 11.5 Å². The van der Waals surface area contributed by atoms with Crippen molar-refractivity contribution in [3.63, 3.8) is 0 Å². The fraction of sp³-hybridized carbons (Fsp3) is 0.300. The summed E-state index contributed by atoms with van der Waals surface area (Å²) in [5.41, 5.74) is 1.00. The zero-order valence-corrected chi connectivity index (χ0v) is 18.0. The summed E-state index contributed by atoms with van der Waals surface area (Å²) in [5, 5.41) is 0.293. The number of amidine groups is 1. The lowest BCUT2D eigenvalue weighted by Gasteiger charge is -2.36. The molecule has 0 bridgehead atoms. The first-order valence-corrected chi connectivity index (χ1v) is 11.1. The summed E-state index contributed by atoms with van der Waals surface area (Å²) >= 11 is 6.22. The molecule has 2 heterocycles. The van der Waals surface area contributed by atoms with Crippen LogP contribution in [0.15, 0.2) is 45.7 Å². The van der Waals surface area contributed by atoms with E-state index in [1.807, 2.05) is 4.90 Å². The fourth-order valence-electron chi connectivity index (χ4n) is 3.66. The van der Waals surface area contributed by atoms with Crippen LogP contribution in [0.1, 0.15) is 15.9 Å². The third-order valence-corrected chi connectivity index (χ3v) is 6.77. The molecule has 0 N–H and O–H groups in total. The Kier molecular flexibility index (Phi) is 5.33. The highest BCUT2D eigenvalue weighted by molar-refractivity contribution is 7.90. The van der Waals surface area contributed by atoms with Gasteiger partial charge in [0.1, 0.15) is 4.90 Å². The maximum Gasteiger partial charge on any atom is 0.285 e. The van der Waals surface area contributed by atoms with E-state index in [0.29, 0.717) is 59.7 Å². The van der Waals surface area contributed by atoms with Crippen molar-refractivity contribution in [3.8, 4) is 11.5 Å². The molecule has 158 valence electrons. The van der Waals surface area contributed by atoms with Crippen LogP contribution in [0.25, 0.3) is 0 Å². The highest BCUT2D eigenvalue weighted by Crippen LogP contribution is 2.36. The molecule has 2 aromatic rings. The summed E-state index contributed by atoms with van der Waals surface area (Å²) in [7, 11) is -0.708. The molecule has 0 spiro atoms. The summed E-state index contributed by atoms with van der Waals surface area (Å²) in [5.74, 6) is 1.01. The number of hydrogen-bond donors (Lipinski definition) is 0. The maximum absolute atomic E-state index is 13.0. The SMILES string of the molecule is COc1cc(C(=O)N2CCN(C3=NS(=O)(=O)c4ccccc43)CC2)cc(Cl)c1OC. The third kappa shape index (κ3) is 3.48. The van der Waals surface area contributed by atoms with Crippen molar-refractivity contribution in [1.29, 1.82) is 0 Å². The highest BCUT2D eigenvalue weighted by Gasteiger charge is 2.33. The Balaban J connectivity index is 1.51. The van der Waals surface area contributed by atoms with Gasteiger partial charge in [-0.1, -0.05) is 23.7 Å². The Hall–Kier alpha value is -2.78. The molecule has 2 aromatic carbocycles. The number of sulfonamides is 1. The van der Waals surface area contributed by atoms with Crippen LogP contribution in [-0.4, -0.2) is 70.4 Å². The minimum Gasteiger partial charge on any atom is -0.493 e. The third-order valence-electron chi connectivity index (χ3n) is 5.16. The van der Waals surface area contributed by atoms with E-state index >= 15 is 0 Å². The lowest BCUT2D eigenvalue weighted by atomic mass is 10.1. The van der Waals surface area contributed by atoms with Crippen LogP contribution >= 0.6 is 11.6 Å². The number of fused-ring (bicyclic) bond motifs is 1. The minimum atomic E-state index is -3.67. The largest absolute Gasteiger partial charge is 0.493 e. The van der Waals surface area contributed by atoms with Crippen molar-refractivity contribution in [1.82, 2.24) is 9.80 Å². The molecule has 0 radical (unpaired) electrons. The number of benzene rings is 2. The summed E-state index contributed by atoms with van der Waals surface area (Å²) < 4.78 is 39.0. The quantitative estimate of drug-likeness (QED) is 0.714. The number of hydrogen-bond acceptors (Lipinski definition) is 6. The molecule has 0 aromatic heterocycles. The van der Waals surface area contributed by atoms with E-state index in [2.05, 4.69) is 4.40 Å². The fourth-order valence-corrected chi connectivity index (χ4v) is 5.18. The Morgan fingerprint density at radius 2 is 1.77 bits per heavy atom. The number of halogens is 1. The number of amides is 1. The van der Waals surface area contributed by atoms with Crippen LogP contribution in [-0.2, 0) is 10.0 Å². The number of rotatable bonds is 3. The van der Waals surface area contributed by atoms with Crippen LogP contribution in [0.3, 0.4) is 0 Å². The second-order valence-corrected chi connectivity index (χ2v) is 8.84. The van der Waals surface area contributed by atoms with Gasteiger partial charge in [-0.2, -0.15) is 8.42 Å². The van der Waals surface area contributed by atoms with Crippen molar-refractivity contribution in [2.45, 2.75) is 4.90 Å². The van der Waals surface area contributed by atoms with Crippen LogP contribution < -0.4 is 9.47 Å². The molecule has 2 aliphatic rings. The van der Waals surface area contributed by atoms with Gasteiger partial charge < -0.3 is 19.3 Å². The molecular formula is C20H20ClN3O5S. The highest BCUT2D eigenvalue weighted by atomic mass is 35.5. The molecule has 10 heteroatoms. The maximum atomic E-state index is 13.0. The van der Waals surface area contributed by atoms with Gasteiger partial charge in [-0.3, -0.25) is 4.79 Å². The normalized spacial score (nSPS) is 17.4. The smallest absolute Gasteiger partial charge is 0.285 e. The number of carbonyl (C=O) groups excluding carboxylic acids is 1.